The highest BCUT2D eigenvalue weighted by Gasteiger charge is 2.01. The quantitative estimate of drug-likeness (QED) is 0.776. The molecule has 4 heteroatoms. The Morgan fingerprint density at radius 3 is 2.35 bits per heavy atom. The molecule has 0 fully saturated rings. The molecule has 0 saturated carbocycles. The Balaban J connectivity index is 1.79. The Bertz CT molecular complexity index is 472. The molecule has 0 aliphatic carbocycles. The molecule has 1 aromatic carbocycles. The smallest absolute Gasteiger partial charge is 0.120 e. The van der Waals surface area contributed by atoms with Gasteiger partial charge >= 0.3 is 0 Å². The van der Waals surface area contributed by atoms with Gasteiger partial charge in [0.15, 0.2) is 0 Å². The molecule has 108 valence electrons. The van der Waals surface area contributed by atoms with Crippen molar-refractivity contribution in [2.24, 2.45) is 0 Å². The highest BCUT2D eigenvalue weighted by Crippen LogP contribution is 2.07. The van der Waals surface area contributed by atoms with Crippen LogP contribution in [-0.2, 0) is 19.6 Å². The number of rotatable bonds is 8. The van der Waals surface area contributed by atoms with Crippen molar-refractivity contribution < 1.29 is 0 Å². The minimum atomic E-state index is 0.772. The minimum absolute atomic E-state index is 0.772. The first-order chi connectivity index (χ1) is 9.81. The number of benzene rings is 1. The molecule has 0 aliphatic rings. The molecule has 2 aromatic rings. The van der Waals surface area contributed by atoms with Gasteiger partial charge in [-0.1, -0.05) is 38.1 Å². The van der Waals surface area contributed by atoms with Gasteiger partial charge in [0.2, 0.25) is 0 Å². The molecule has 0 amide bonds. The van der Waals surface area contributed by atoms with E-state index in [1.54, 1.807) is 6.20 Å². The Hall–Kier alpha value is -1.65. The van der Waals surface area contributed by atoms with E-state index in [1.165, 1.54) is 11.1 Å². The van der Waals surface area contributed by atoms with Crippen LogP contribution in [0.2, 0.25) is 0 Å². The van der Waals surface area contributed by atoms with Crippen molar-refractivity contribution in [3.8, 4) is 0 Å². The predicted octanol–water partition coefficient (Wildman–Crippen LogP) is 2.54. The van der Waals surface area contributed by atoms with E-state index >= 15 is 0 Å². The van der Waals surface area contributed by atoms with Gasteiger partial charge in [-0.2, -0.15) is 0 Å². The molecule has 0 bridgehead atoms. The summed E-state index contributed by atoms with van der Waals surface area (Å²) in [5.74, 6) is 0.975. The van der Waals surface area contributed by atoms with Crippen molar-refractivity contribution in [3.05, 3.63) is 53.6 Å². The fraction of sp³-hybridized carbons (Fsp3) is 0.438. The fourth-order valence-corrected chi connectivity index (χ4v) is 2.19. The first kappa shape index (κ1) is 14.8. The topological polar surface area (TPSA) is 44.0 Å². The second kappa shape index (κ2) is 7.82. The fourth-order valence-electron chi connectivity index (χ4n) is 2.19. The predicted molar refractivity (Wildman–Crippen MR) is 82.2 cm³/mol. The Morgan fingerprint density at radius 2 is 1.75 bits per heavy atom. The van der Waals surface area contributed by atoms with Gasteiger partial charge in [-0.25, -0.2) is 4.98 Å². The van der Waals surface area contributed by atoms with Crippen LogP contribution < -0.4 is 5.32 Å². The van der Waals surface area contributed by atoms with Crippen molar-refractivity contribution in [1.82, 2.24) is 20.2 Å². The summed E-state index contributed by atoms with van der Waals surface area (Å²) in [6.45, 7) is 9.28. The maximum atomic E-state index is 4.19. The molecule has 2 rings (SSSR count). The van der Waals surface area contributed by atoms with E-state index in [4.69, 9.17) is 0 Å². The van der Waals surface area contributed by atoms with Crippen molar-refractivity contribution >= 4 is 0 Å². The third-order valence-electron chi connectivity index (χ3n) is 3.50. The Labute approximate surface area is 121 Å². The number of aromatic nitrogens is 2. The monoisotopic (exact) mass is 272 g/mol. The summed E-state index contributed by atoms with van der Waals surface area (Å²) in [7, 11) is 0. The first-order valence-corrected chi connectivity index (χ1v) is 7.31. The molecule has 1 aromatic heterocycles. The number of nitrogens with one attached hydrogen (secondary N) is 2. The second-order valence-corrected chi connectivity index (χ2v) is 4.92. The van der Waals surface area contributed by atoms with Crippen LogP contribution >= 0.6 is 0 Å². The number of hydrogen-bond donors (Lipinski definition) is 2. The largest absolute Gasteiger partial charge is 0.348 e. The standard InChI is InChI=1S/C16H24N4/c1-3-20(4-2)13-15-7-5-14(6-8-15)11-17-12-16-18-9-10-19-16/h5-10,17H,3-4,11-13H2,1-2H3,(H,18,19). The van der Waals surface area contributed by atoms with Crippen LogP contribution in [0.5, 0.6) is 0 Å². The summed E-state index contributed by atoms with van der Waals surface area (Å²) in [6.07, 6.45) is 3.62. The Kier molecular flexibility index (Phi) is 5.77. The van der Waals surface area contributed by atoms with E-state index in [9.17, 15) is 0 Å². The lowest BCUT2D eigenvalue weighted by atomic mass is 10.1. The average Bonchev–Trinajstić information content (AvgIpc) is 2.99. The normalized spacial score (nSPS) is 11.2. The van der Waals surface area contributed by atoms with Crippen LogP contribution in [0.4, 0.5) is 0 Å². The summed E-state index contributed by atoms with van der Waals surface area (Å²) in [4.78, 5) is 9.70. The van der Waals surface area contributed by atoms with Crippen LogP contribution in [0, 0.1) is 0 Å². The zero-order chi connectivity index (χ0) is 14.2. The highest BCUT2D eigenvalue weighted by molar-refractivity contribution is 5.22. The summed E-state index contributed by atoms with van der Waals surface area (Å²) in [6, 6.07) is 8.85. The molecular weight excluding hydrogens is 248 g/mol. The van der Waals surface area contributed by atoms with Gasteiger partial charge in [0.05, 0.1) is 6.54 Å². The van der Waals surface area contributed by atoms with E-state index in [1.807, 2.05) is 6.20 Å². The maximum Gasteiger partial charge on any atom is 0.120 e. The number of H-pyrrole nitrogens is 1. The molecular formula is C16H24N4. The van der Waals surface area contributed by atoms with Gasteiger partial charge in [0.25, 0.3) is 0 Å². The SMILES string of the molecule is CCN(CC)Cc1ccc(CNCc2ncc[nH]2)cc1. The summed E-state index contributed by atoms with van der Waals surface area (Å²) < 4.78 is 0. The first-order valence-electron chi connectivity index (χ1n) is 7.31. The van der Waals surface area contributed by atoms with Crippen LogP contribution in [0.15, 0.2) is 36.7 Å². The Morgan fingerprint density at radius 1 is 1.05 bits per heavy atom. The second-order valence-electron chi connectivity index (χ2n) is 4.92. The van der Waals surface area contributed by atoms with Crippen LogP contribution in [-0.4, -0.2) is 28.0 Å². The lowest BCUT2D eigenvalue weighted by Gasteiger charge is -2.18. The maximum absolute atomic E-state index is 4.19. The van der Waals surface area contributed by atoms with Gasteiger partial charge < -0.3 is 10.3 Å². The van der Waals surface area contributed by atoms with E-state index < -0.39 is 0 Å². The van der Waals surface area contributed by atoms with E-state index in [0.717, 1.165) is 38.5 Å². The van der Waals surface area contributed by atoms with Crippen LogP contribution in [0.3, 0.4) is 0 Å². The molecule has 0 atom stereocenters. The molecule has 1 heterocycles. The number of hydrogen-bond acceptors (Lipinski definition) is 3. The van der Waals surface area contributed by atoms with Crippen molar-refractivity contribution in [2.45, 2.75) is 33.5 Å². The summed E-state index contributed by atoms with van der Waals surface area (Å²) >= 11 is 0. The van der Waals surface area contributed by atoms with Gasteiger partial charge in [-0.15, -0.1) is 0 Å². The molecule has 0 unspecified atom stereocenters. The molecule has 4 nitrogen and oxygen atoms in total. The van der Waals surface area contributed by atoms with Gasteiger partial charge in [-0.3, -0.25) is 4.90 Å². The van der Waals surface area contributed by atoms with Crippen molar-refractivity contribution in [2.75, 3.05) is 13.1 Å². The highest BCUT2D eigenvalue weighted by atomic mass is 15.1. The zero-order valence-corrected chi connectivity index (χ0v) is 12.4. The number of aromatic amines is 1. The van der Waals surface area contributed by atoms with Crippen LogP contribution in [0.1, 0.15) is 30.8 Å². The van der Waals surface area contributed by atoms with Crippen LogP contribution in [0.25, 0.3) is 0 Å². The number of imidazole rings is 1. The minimum Gasteiger partial charge on any atom is -0.348 e. The molecule has 0 radical (unpaired) electrons. The third-order valence-corrected chi connectivity index (χ3v) is 3.50. The third kappa shape index (κ3) is 4.47. The van der Waals surface area contributed by atoms with Gasteiger partial charge in [-0.05, 0) is 24.2 Å². The molecule has 0 spiro atoms. The van der Waals surface area contributed by atoms with E-state index in [0.29, 0.717) is 0 Å². The van der Waals surface area contributed by atoms with E-state index in [2.05, 4.69) is 58.3 Å². The van der Waals surface area contributed by atoms with Gasteiger partial charge in [0.1, 0.15) is 5.82 Å². The lowest BCUT2D eigenvalue weighted by molar-refractivity contribution is 0.296. The van der Waals surface area contributed by atoms with Crippen molar-refractivity contribution in [3.63, 3.8) is 0 Å². The molecule has 20 heavy (non-hydrogen) atoms. The summed E-state index contributed by atoms with van der Waals surface area (Å²) in [5.41, 5.74) is 2.68. The average molecular weight is 272 g/mol. The van der Waals surface area contributed by atoms with E-state index in [-0.39, 0.29) is 0 Å². The number of nitrogens with zero attached hydrogens (tertiary/aromatic N) is 2. The van der Waals surface area contributed by atoms with Crippen molar-refractivity contribution in [1.29, 1.82) is 0 Å². The molecule has 2 N–H and O–H groups in total. The molecule has 0 aliphatic heterocycles. The lowest BCUT2D eigenvalue weighted by Crippen LogP contribution is -2.22. The summed E-state index contributed by atoms with van der Waals surface area (Å²) in [5, 5.41) is 3.38. The zero-order valence-electron chi connectivity index (χ0n) is 12.4. The van der Waals surface area contributed by atoms with Gasteiger partial charge in [0, 0.05) is 25.5 Å². The molecule has 0 saturated heterocycles.